The van der Waals surface area contributed by atoms with Crippen LogP contribution in [0.2, 0.25) is 0 Å². The highest BCUT2D eigenvalue weighted by Crippen LogP contribution is 2.28. The standard InChI is InChI=1S/C14H19N3O3/c1-10-8-17(14(18)19)9-11-2-3-12(15-13(10)11)16-4-6-20-7-5-16/h2-3,10H,4-9H2,1H3,(H,18,19)/t10-/m0/s1. The van der Waals surface area contributed by atoms with Gasteiger partial charge in [0.15, 0.2) is 0 Å². The first-order valence-corrected chi connectivity index (χ1v) is 6.95. The summed E-state index contributed by atoms with van der Waals surface area (Å²) in [6.07, 6.45) is -0.861. The second-order valence-corrected chi connectivity index (χ2v) is 5.38. The maximum absolute atomic E-state index is 11.1. The van der Waals surface area contributed by atoms with E-state index in [0.717, 1.165) is 43.4 Å². The van der Waals surface area contributed by atoms with Crippen LogP contribution in [0.4, 0.5) is 10.6 Å². The number of rotatable bonds is 1. The second-order valence-electron chi connectivity index (χ2n) is 5.38. The van der Waals surface area contributed by atoms with Crippen LogP contribution in [0.1, 0.15) is 24.1 Å². The van der Waals surface area contributed by atoms with E-state index in [0.29, 0.717) is 13.1 Å². The SMILES string of the molecule is C[C@H]1CN(C(=O)O)Cc2ccc(N3CCOCC3)nc21. The van der Waals surface area contributed by atoms with Gasteiger partial charge in [-0.25, -0.2) is 9.78 Å². The number of aromatic nitrogens is 1. The molecule has 20 heavy (non-hydrogen) atoms. The minimum absolute atomic E-state index is 0.135. The van der Waals surface area contributed by atoms with Crippen LogP contribution in [0.5, 0.6) is 0 Å². The summed E-state index contributed by atoms with van der Waals surface area (Å²) in [6.45, 7) is 6.18. The van der Waals surface area contributed by atoms with Gasteiger partial charge in [0, 0.05) is 25.6 Å². The lowest BCUT2D eigenvalue weighted by Crippen LogP contribution is -2.39. The van der Waals surface area contributed by atoms with E-state index >= 15 is 0 Å². The highest BCUT2D eigenvalue weighted by atomic mass is 16.5. The van der Waals surface area contributed by atoms with Gasteiger partial charge in [-0.2, -0.15) is 0 Å². The summed E-state index contributed by atoms with van der Waals surface area (Å²) in [5, 5.41) is 9.12. The summed E-state index contributed by atoms with van der Waals surface area (Å²) in [7, 11) is 0. The van der Waals surface area contributed by atoms with E-state index in [-0.39, 0.29) is 5.92 Å². The van der Waals surface area contributed by atoms with Crippen LogP contribution in [0.3, 0.4) is 0 Å². The first-order valence-electron chi connectivity index (χ1n) is 6.95. The Kier molecular flexibility index (Phi) is 3.48. The first kappa shape index (κ1) is 13.2. The van der Waals surface area contributed by atoms with Crippen LogP contribution >= 0.6 is 0 Å². The lowest BCUT2D eigenvalue weighted by Gasteiger charge is -2.33. The number of amides is 1. The molecule has 0 radical (unpaired) electrons. The molecule has 3 heterocycles. The lowest BCUT2D eigenvalue weighted by atomic mass is 9.96. The Morgan fingerprint density at radius 2 is 2.15 bits per heavy atom. The van der Waals surface area contributed by atoms with E-state index in [1.807, 2.05) is 19.1 Å². The molecule has 0 bridgehead atoms. The van der Waals surface area contributed by atoms with Crippen LogP contribution in [-0.2, 0) is 11.3 Å². The number of nitrogens with zero attached hydrogens (tertiary/aromatic N) is 3. The number of hydrogen-bond acceptors (Lipinski definition) is 4. The molecule has 0 spiro atoms. The van der Waals surface area contributed by atoms with E-state index in [1.54, 1.807) is 0 Å². The Labute approximate surface area is 118 Å². The molecule has 0 unspecified atom stereocenters. The van der Waals surface area contributed by atoms with Crippen molar-refractivity contribution in [2.24, 2.45) is 0 Å². The van der Waals surface area contributed by atoms with Crippen molar-refractivity contribution in [1.29, 1.82) is 0 Å². The normalized spacial score (nSPS) is 22.6. The highest BCUT2D eigenvalue weighted by Gasteiger charge is 2.27. The number of anilines is 1. The van der Waals surface area contributed by atoms with E-state index < -0.39 is 6.09 Å². The minimum Gasteiger partial charge on any atom is -0.465 e. The fourth-order valence-electron chi connectivity index (χ4n) is 2.85. The smallest absolute Gasteiger partial charge is 0.407 e. The molecule has 1 amide bonds. The van der Waals surface area contributed by atoms with E-state index in [9.17, 15) is 4.79 Å². The summed E-state index contributed by atoms with van der Waals surface area (Å²) in [6, 6.07) is 4.00. The van der Waals surface area contributed by atoms with E-state index in [4.69, 9.17) is 14.8 Å². The van der Waals surface area contributed by atoms with Crippen LogP contribution in [0.15, 0.2) is 12.1 Å². The molecule has 1 aromatic rings. The Bertz CT molecular complexity index is 514. The summed E-state index contributed by atoms with van der Waals surface area (Å²) < 4.78 is 5.35. The fourth-order valence-corrected chi connectivity index (χ4v) is 2.85. The molecule has 6 heteroatoms. The van der Waals surface area contributed by atoms with Crippen molar-refractivity contribution < 1.29 is 14.6 Å². The number of hydrogen-bond donors (Lipinski definition) is 1. The fraction of sp³-hybridized carbons (Fsp3) is 0.571. The minimum atomic E-state index is -0.861. The molecule has 1 fully saturated rings. The number of pyridine rings is 1. The second kappa shape index (κ2) is 5.28. The molecule has 6 nitrogen and oxygen atoms in total. The Morgan fingerprint density at radius 1 is 1.40 bits per heavy atom. The maximum atomic E-state index is 11.1. The van der Waals surface area contributed by atoms with Crippen molar-refractivity contribution in [2.45, 2.75) is 19.4 Å². The van der Waals surface area contributed by atoms with Gasteiger partial charge < -0.3 is 19.6 Å². The van der Waals surface area contributed by atoms with Gasteiger partial charge >= 0.3 is 6.09 Å². The van der Waals surface area contributed by atoms with Gasteiger partial charge in [0.2, 0.25) is 0 Å². The molecule has 2 aliphatic rings. The van der Waals surface area contributed by atoms with Gasteiger partial charge in [-0.15, -0.1) is 0 Å². The zero-order valence-corrected chi connectivity index (χ0v) is 11.6. The average Bonchev–Trinajstić information content (AvgIpc) is 2.47. The molecule has 2 aliphatic heterocycles. The van der Waals surface area contributed by atoms with Crippen LogP contribution in [-0.4, -0.2) is 53.9 Å². The third kappa shape index (κ3) is 2.43. The topological polar surface area (TPSA) is 65.9 Å². The summed E-state index contributed by atoms with van der Waals surface area (Å²) in [4.78, 5) is 19.5. The third-order valence-electron chi connectivity index (χ3n) is 3.93. The first-order chi connectivity index (χ1) is 9.65. The number of ether oxygens (including phenoxy) is 1. The summed E-state index contributed by atoms with van der Waals surface area (Å²) in [5.41, 5.74) is 2.05. The maximum Gasteiger partial charge on any atom is 0.407 e. The number of carboxylic acid groups (broad SMARTS) is 1. The van der Waals surface area contributed by atoms with Gasteiger partial charge in [0.25, 0.3) is 0 Å². The highest BCUT2D eigenvalue weighted by molar-refractivity contribution is 5.65. The molecule has 0 aromatic carbocycles. The number of fused-ring (bicyclic) bond motifs is 1. The molecule has 108 valence electrons. The number of carbonyl (C=O) groups is 1. The molecule has 0 aliphatic carbocycles. The van der Waals surface area contributed by atoms with Crippen molar-refractivity contribution in [3.63, 3.8) is 0 Å². The molecular formula is C14H19N3O3. The molecule has 1 N–H and O–H groups in total. The van der Waals surface area contributed by atoms with Crippen LogP contribution in [0, 0.1) is 0 Å². The van der Waals surface area contributed by atoms with Crippen LogP contribution in [0.25, 0.3) is 0 Å². The van der Waals surface area contributed by atoms with Crippen molar-refractivity contribution in [3.05, 3.63) is 23.4 Å². The monoisotopic (exact) mass is 277 g/mol. The van der Waals surface area contributed by atoms with Gasteiger partial charge in [-0.05, 0) is 11.6 Å². The van der Waals surface area contributed by atoms with Crippen molar-refractivity contribution in [3.8, 4) is 0 Å². The van der Waals surface area contributed by atoms with E-state index in [1.165, 1.54) is 4.90 Å². The van der Waals surface area contributed by atoms with Crippen LogP contribution < -0.4 is 4.90 Å². The molecule has 1 aromatic heterocycles. The summed E-state index contributed by atoms with van der Waals surface area (Å²) in [5.74, 6) is 1.11. The van der Waals surface area contributed by atoms with Gasteiger partial charge in [0.05, 0.1) is 25.5 Å². The Balaban J connectivity index is 1.85. The molecule has 1 saturated heterocycles. The van der Waals surface area contributed by atoms with E-state index in [2.05, 4.69) is 4.90 Å². The molecular weight excluding hydrogens is 258 g/mol. The zero-order chi connectivity index (χ0) is 14.1. The zero-order valence-electron chi connectivity index (χ0n) is 11.6. The molecule has 0 saturated carbocycles. The van der Waals surface area contributed by atoms with Crippen molar-refractivity contribution >= 4 is 11.9 Å². The third-order valence-corrected chi connectivity index (χ3v) is 3.93. The Hall–Kier alpha value is -1.82. The van der Waals surface area contributed by atoms with Crippen molar-refractivity contribution in [1.82, 2.24) is 9.88 Å². The quantitative estimate of drug-likeness (QED) is 0.843. The molecule has 1 atom stereocenters. The largest absolute Gasteiger partial charge is 0.465 e. The summed E-state index contributed by atoms with van der Waals surface area (Å²) >= 11 is 0. The predicted octanol–water partition coefficient (Wildman–Crippen LogP) is 1.52. The predicted molar refractivity (Wildman–Crippen MR) is 74.1 cm³/mol. The van der Waals surface area contributed by atoms with Gasteiger partial charge in [-0.1, -0.05) is 13.0 Å². The van der Waals surface area contributed by atoms with Crippen molar-refractivity contribution in [2.75, 3.05) is 37.7 Å². The van der Waals surface area contributed by atoms with Gasteiger partial charge in [-0.3, -0.25) is 0 Å². The Morgan fingerprint density at radius 3 is 2.85 bits per heavy atom. The molecule has 3 rings (SSSR count). The van der Waals surface area contributed by atoms with Gasteiger partial charge in [0.1, 0.15) is 5.82 Å². The lowest BCUT2D eigenvalue weighted by molar-refractivity contribution is 0.122. The number of morpholine rings is 1. The average molecular weight is 277 g/mol.